The van der Waals surface area contributed by atoms with Gasteiger partial charge in [0.2, 0.25) is 0 Å². The Hall–Kier alpha value is -2.28. The second-order valence-electron chi connectivity index (χ2n) is 7.50. The number of hydrogen-bond acceptors (Lipinski definition) is 5. The molecule has 144 valence electrons. The molecule has 0 spiro atoms. The number of benzene rings is 1. The summed E-state index contributed by atoms with van der Waals surface area (Å²) >= 11 is 0. The highest BCUT2D eigenvalue weighted by Gasteiger charge is 2.37. The van der Waals surface area contributed by atoms with Gasteiger partial charge in [-0.15, -0.1) is 0 Å². The summed E-state index contributed by atoms with van der Waals surface area (Å²) in [5, 5.41) is 12.9. The zero-order valence-electron chi connectivity index (χ0n) is 15.8. The first-order valence-corrected chi connectivity index (χ1v) is 8.76. The molecule has 2 rings (SSSR count). The van der Waals surface area contributed by atoms with E-state index in [4.69, 9.17) is 9.47 Å². The fourth-order valence-electron chi connectivity index (χ4n) is 2.97. The van der Waals surface area contributed by atoms with Crippen molar-refractivity contribution in [3.8, 4) is 5.75 Å². The Kier molecular flexibility index (Phi) is 6.47. The van der Waals surface area contributed by atoms with Crippen molar-refractivity contribution in [2.75, 3.05) is 20.2 Å². The number of amides is 1. The van der Waals surface area contributed by atoms with E-state index in [0.29, 0.717) is 19.5 Å². The zero-order valence-corrected chi connectivity index (χ0v) is 15.8. The first-order chi connectivity index (χ1) is 12.2. The van der Waals surface area contributed by atoms with Gasteiger partial charge in [-0.1, -0.05) is 12.1 Å². The first kappa shape index (κ1) is 20.0. The molecule has 2 atom stereocenters. The van der Waals surface area contributed by atoms with Gasteiger partial charge >= 0.3 is 12.1 Å². The number of carboxylic acid groups (broad SMARTS) is 1. The molecule has 0 bridgehead atoms. The normalized spacial score (nSPS) is 20.5. The van der Waals surface area contributed by atoms with Crippen LogP contribution in [0.15, 0.2) is 24.3 Å². The van der Waals surface area contributed by atoms with Crippen molar-refractivity contribution in [2.24, 2.45) is 5.92 Å². The number of piperidine rings is 1. The summed E-state index contributed by atoms with van der Waals surface area (Å²) < 4.78 is 10.6. The fraction of sp³-hybridized carbons (Fsp3) is 0.579. The van der Waals surface area contributed by atoms with E-state index in [9.17, 15) is 14.7 Å². The van der Waals surface area contributed by atoms with Crippen LogP contribution < -0.4 is 10.1 Å². The van der Waals surface area contributed by atoms with Crippen molar-refractivity contribution in [1.29, 1.82) is 0 Å². The fourth-order valence-corrected chi connectivity index (χ4v) is 2.97. The van der Waals surface area contributed by atoms with Crippen molar-refractivity contribution in [3.05, 3.63) is 29.8 Å². The first-order valence-electron chi connectivity index (χ1n) is 8.76. The number of ether oxygens (including phenoxy) is 2. The summed E-state index contributed by atoms with van der Waals surface area (Å²) in [5.74, 6) is -0.831. The van der Waals surface area contributed by atoms with E-state index in [1.54, 1.807) is 27.9 Å². The predicted octanol–water partition coefficient (Wildman–Crippen LogP) is 2.50. The summed E-state index contributed by atoms with van der Waals surface area (Å²) in [7, 11) is 1.61. The molecule has 7 nitrogen and oxygen atoms in total. The van der Waals surface area contributed by atoms with Crippen molar-refractivity contribution >= 4 is 12.1 Å². The van der Waals surface area contributed by atoms with Crippen molar-refractivity contribution in [3.63, 3.8) is 0 Å². The maximum Gasteiger partial charge on any atom is 0.410 e. The van der Waals surface area contributed by atoms with Crippen LogP contribution in [-0.4, -0.2) is 53.9 Å². The summed E-state index contributed by atoms with van der Waals surface area (Å²) in [4.78, 5) is 25.4. The van der Waals surface area contributed by atoms with Gasteiger partial charge in [-0.2, -0.15) is 0 Å². The molecule has 1 fully saturated rings. The van der Waals surface area contributed by atoms with Gasteiger partial charge in [0.05, 0.1) is 13.0 Å². The maximum atomic E-state index is 12.2. The van der Waals surface area contributed by atoms with E-state index in [2.05, 4.69) is 5.32 Å². The molecule has 1 amide bonds. The number of hydrogen-bond donors (Lipinski definition) is 2. The van der Waals surface area contributed by atoms with Gasteiger partial charge in [-0.25, -0.2) is 4.79 Å². The number of nitrogens with one attached hydrogen (secondary N) is 1. The molecule has 0 aromatic heterocycles. The van der Waals surface area contributed by atoms with Gasteiger partial charge in [-0.05, 0) is 44.9 Å². The Morgan fingerprint density at radius 3 is 2.69 bits per heavy atom. The van der Waals surface area contributed by atoms with Crippen LogP contribution >= 0.6 is 0 Å². The molecule has 2 N–H and O–H groups in total. The number of carbonyl (C=O) groups excluding carboxylic acids is 1. The molecular weight excluding hydrogens is 336 g/mol. The van der Waals surface area contributed by atoms with Crippen LogP contribution in [0.25, 0.3) is 0 Å². The van der Waals surface area contributed by atoms with Crippen LogP contribution in [0.3, 0.4) is 0 Å². The summed E-state index contributed by atoms with van der Waals surface area (Å²) in [5.41, 5.74) is 0.417. The lowest BCUT2D eigenvalue weighted by Gasteiger charge is -2.37. The van der Waals surface area contributed by atoms with Crippen LogP contribution in [0.5, 0.6) is 5.75 Å². The molecule has 26 heavy (non-hydrogen) atoms. The van der Waals surface area contributed by atoms with Gasteiger partial charge < -0.3 is 24.8 Å². The van der Waals surface area contributed by atoms with Crippen LogP contribution in [0.4, 0.5) is 4.79 Å². The Labute approximate surface area is 154 Å². The van der Waals surface area contributed by atoms with Gasteiger partial charge in [-0.3, -0.25) is 4.79 Å². The molecule has 1 aromatic rings. The minimum atomic E-state index is -0.915. The van der Waals surface area contributed by atoms with Crippen LogP contribution in [-0.2, 0) is 16.1 Å². The third-order valence-electron chi connectivity index (χ3n) is 4.28. The third-order valence-corrected chi connectivity index (χ3v) is 4.28. The smallest absolute Gasteiger partial charge is 0.410 e. The molecule has 1 aliphatic heterocycles. The second kappa shape index (κ2) is 8.40. The molecule has 0 saturated carbocycles. The number of aliphatic carboxylic acids is 1. The monoisotopic (exact) mass is 364 g/mol. The summed E-state index contributed by atoms with van der Waals surface area (Å²) in [6.45, 7) is 6.53. The topological polar surface area (TPSA) is 88.1 Å². The van der Waals surface area contributed by atoms with E-state index in [1.165, 1.54) is 4.90 Å². The van der Waals surface area contributed by atoms with Crippen molar-refractivity contribution in [2.45, 2.75) is 45.4 Å². The summed E-state index contributed by atoms with van der Waals surface area (Å²) in [6, 6.07) is 7.43. The standard InChI is InChI=1S/C19H28N2O5/c1-19(2,3)26-18(24)21-9-8-16(15(12-21)17(22)23)20-11-13-6-5-7-14(10-13)25-4/h5-7,10,15-16,20H,8-9,11-12H2,1-4H3,(H,22,23)/t15-,16+/m0/s1. The lowest BCUT2D eigenvalue weighted by Crippen LogP contribution is -2.54. The molecule has 7 heteroatoms. The Bertz CT molecular complexity index is 641. The van der Waals surface area contributed by atoms with Crippen molar-refractivity contribution in [1.82, 2.24) is 10.2 Å². The number of rotatable bonds is 5. The van der Waals surface area contributed by atoms with E-state index in [1.807, 2.05) is 24.3 Å². The number of methoxy groups -OCH3 is 1. The van der Waals surface area contributed by atoms with Gasteiger partial charge in [0.25, 0.3) is 0 Å². The average Bonchev–Trinajstić information content (AvgIpc) is 2.58. The van der Waals surface area contributed by atoms with E-state index in [0.717, 1.165) is 11.3 Å². The predicted molar refractivity (Wildman–Crippen MR) is 97.2 cm³/mol. The van der Waals surface area contributed by atoms with E-state index >= 15 is 0 Å². The highest BCUT2D eigenvalue weighted by Crippen LogP contribution is 2.21. The quantitative estimate of drug-likeness (QED) is 0.835. The maximum absolute atomic E-state index is 12.2. The van der Waals surface area contributed by atoms with Crippen molar-refractivity contribution < 1.29 is 24.2 Å². The average molecular weight is 364 g/mol. The van der Waals surface area contributed by atoms with E-state index in [-0.39, 0.29) is 12.6 Å². The van der Waals surface area contributed by atoms with Crippen LogP contribution in [0.1, 0.15) is 32.8 Å². The lowest BCUT2D eigenvalue weighted by molar-refractivity contribution is -0.144. The minimum absolute atomic E-state index is 0.139. The molecular formula is C19H28N2O5. The zero-order chi connectivity index (χ0) is 19.3. The van der Waals surface area contributed by atoms with Gasteiger partial charge in [0.15, 0.2) is 0 Å². The minimum Gasteiger partial charge on any atom is -0.497 e. The highest BCUT2D eigenvalue weighted by atomic mass is 16.6. The largest absolute Gasteiger partial charge is 0.497 e. The third kappa shape index (κ3) is 5.62. The Balaban J connectivity index is 1.97. The lowest BCUT2D eigenvalue weighted by atomic mass is 9.92. The second-order valence-corrected chi connectivity index (χ2v) is 7.50. The number of likely N-dealkylation sites (tertiary alicyclic amines) is 1. The SMILES string of the molecule is COc1cccc(CN[C@@H]2CCN(C(=O)OC(C)(C)C)C[C@@H]2C(=O)O)c1. The van der Waals surface area contributed by atoms with Gasteiger partial charge in [0, 0.05) is 25.7 Å². The molecule has 1 heterocycles. The van der Waals surface area contributed by atoms with E-state index < -0.39 is 23.6 Å². The number of carbonyl (C=O) groups is 2. The molecule has 1 aliphatic rings. The van der Waals surface area contributed by atoms with Crippen LogP contribution in [0.2, 0.25) is 0 Å². The van der Waals surface area contributed by atoms with Gasteiger partial charge in [0.1, 0.15) is 11.4 Å². The molecule has 0 radical (unpaired) electrons. The Morgan fingerprint density at radius 2 is 2.08 bits per heavy atom. The molecule has 1 saturated heterocycles. The Morgan fingerprint density at radius 1 is 1.35 bits per heavy atom. The number of nitrogens with zero attached hydrogens (tertiary/aromatic N) is 1. The number of carboxylic acids is 1. The highest BCUT2D eigenvalue weighted by molar-refractivity contribution is 5.74. The summed E-state index contributed by atoms with van der Waals surface area (Å²) in [6.07, 6.45) is 0.0928. The molecule has 1 aromatic carbocycles. The van der Waals surface area contributed by atoms with Crippen LogP contribution in [0, 0.1) is 5.92 Å². The molecule has 0 unspecified atom stereocenters. The molecule has 0 aliphatic carbocycles.